The Morgan fingerprint density at radius 2 is 2.12 bits per heavy atom. The second-order valence-electron chi connectivity index (χ2n) is 3.34. The van der Waals surface area contributed by atoms with Crippen molar-refractivity contribution in [3.05, 3.63) is 18.1 Å². The fourth-order valence-electron chi connectivity index (χ4n) is 1.37. The topological polar surface area (TPSA) is 120 Å². The molecule has 16 heavy (non-hydrogen) atoms. The summed E-state index contributed by atoms with van der Waals surface area (Å²) in [4.78, 5) is 7.80. The van der Waals surface area contributed by atoms with Crippen LogP contribution in [0.3, 0.4) is 0 Å². The normalized spacial score (nSPS) is 13.1. The molecule has 2 rings (SSSR count). The van der Waals surface area contributed by atoms with Crippen molar-refractivity contribution in [2.45, 2.75) is 12.6 Å². The van der Waals surface area contributed by atoms with Crippen molar-refractivity contribution in [2.24, 2.45) is 0 Å². The van der Waals surface area contributed by atoms with Gasteiger partial charge in [0.2, 0.25) is 0 Å². The molecule has 1 unspecified atom stereocenters. The molecule has 0 saturated heterocycles. The Balaban J connectivity index is 2.50. The number of hydrogen-bond donors (Lipinski definition) is 4. The lowest BCUT2D eigenvalue weighted by Gasteiger charge is -2.08. The van der Waals surface area contributed by atoms with E-state index in [-0.39, 0.29) is 24.2 Å². The van der Waals surface area contributed by atoms with Crippen LogP contribution in [0.1, 0.15) is 0 Å². The fraction of sp³-hybridized carbons (Fsp3) is 0.375. The van der Waals surface area contributed by atoms with Crippen molar-refractivity contribution in [1.82, 2.24) is 19.3 Å². The quantitative estimate of drug-likeness (QED) is 0.464. The van der Waals surface area contributed by atoms with Crippen molar-refractivity contribution >= 4 is 11.2 Å². The summed E-state index contributed by atoms with van der Waals surface area (Å²) in [7, 11) is 0. The third-order valence-electron chi connectivity index (χ3n) is 2.17. The van der Waals surface area contributed by atoms with Crippen LogP contribution in [0.25, 0.3) is 11.2 Å². The second-order valence-corrected chi connectivity index (χ2v) is 3.34. The molecule has 8 nitrogen and oxygen atoms in total. The molecule has 1 atom stereocenters. The predicted molar refractivity (Wildman–Crippen MR) is 51.6 cm³/mol. The number of aromatic nitrogens is 4. The Labute approximate surface area is 89.5 Å². The van der Waals surface area contributed by atoms with Gasteiger partial charge in [-0.1, -0.05) is 0 Å². The minimum absolute atomic E-state index is 0.134. The molecule has 2 aromatic heterocycles. The summed E-state index contributed by atoms with van der Waals surface area (Å²) in [6, 6.07) is 0. The van der Waals surface area contributed by atoms with Gasteiger partial charge in [0.25, 0.3) is 0 Å². The van der Waals surface area contributed by atoms with Gasteiger partial charge in [-0.2, -0.15) is 4.73 Å². The molecule has 2 heterocycles. The van der Waals surface area contributed by atoms with E-state index in [2.05, 4.69) is 9.97 Å². The van der Waals surface area contributed by atoms with Crippen LogP contribution in [0.2, 0.25) is 0 Å². The standard InChI is InChI=1S/C8H11N5O3/c9-7-6-8(11-4-13(7)16)12(3-10-6)1-5(15)2-14/h3-5,9,14-16H,1-2H2. The highest BCUT2D eigenvalue weighted by Gasteiger charge is 2.10. The van der Waals surface area contributed by atoms with Gasteiger partial charge in [-0.15, -0.1) is 0 Å². The van der Waals surface area contributed by atoms with Gasteiger partial charge in [0.1, 0.15) is 6.33 Å². The van der Waals surface area contributed by atoms with Crippen molar-refractivity contribution < 1.29 is 15.4 Å². The van der Waals surface area contributed by atoms with Gasteiger partial charge in [-0.05, 0) is 0 Å². The summed E-state index contributed by atoms with van der Waals surface area (Å²) < 4.78 is 2.07. The highest BCUT2D eigenvalue weighted by molar-refractivity contribution is 5.68. The molecule has 0 aromatic carbocycles. The van der Waals surface area contributed by atoms with Crippen LogP contribution in [-0.2, 0) is 6.54 Å². The van der Waals surface area contributed by atoms with E-state index in [4.69, 9.17) is 10.5 Å². The molecule has 0 radical (unpaired) electrons. The number of aliphatic hydroxyl groups is 2. The Bertz CT molecular complexity index is 560. The largest absolute Gasteiger partial charge is 0.425 e. The van der Waals surface area contributed by atoms with Crippen LogP contribution in [0.5, 0.6) is 0 Å². The van der Waals surface area contributed by atoms with E-state index in [9.17, 15) is 10.3 Å². The van der Waals surface area contributed by atoms with Crippen LogP contribution < -0.4 is 5.49 Å². The van der Waals surface area contributed by atoms with E-state index in [1.165, 1.54) is 10.9 Å². The summed E-state index contributed by atoms with van der Waals surface area (Å²) >= 11 is 0. The lowest BCUT2D eigenvalue weighted by Crippen LogP contribution is -2.21. The van der Waals surface area contributed by atoms with Crippen LogP contribution in [-0.4, -0.2) is 47.4 Å². The molecule has 0 spiro atoms. The van der Waals surface area contributed by atoms with E-state index in [0.717, 1.165) is 6.33 Å². The van der Waals surface area contributed by atoms with E-state index >= 15 is 0 Å². The number of nitrogens with one attached hydrogen (secondary N) is 1. The molecular weight excluding hydrogens is 214 g/mol. The average Bonchev–Trinajstić information content (AvgIpc) is 2.67. The predicted octanol–water partition coefficient (Wildman–Crippen LogP) is -1.70. The molecule has 2 aromatic rings. The molecule has 0 bridgehead atoms. The van der Waals surface area contributed by atoms with Crippen molar-refractivity contribution in [1.29, 1.82) is 5.41 Å². The van der Waals surface area contributed by atoms with Crippen molar-refractivity contribution in [3.8, 4) is 0 Å². The molecule has 0 fully saturated rings. The first-order valence-electron chi connectivity index (χ1n) is 4.58. The monoisotopic (exact) mass is 225 g/mol. The molecule has 4 N–H and O–H groups in total. The summed E-state index contributed by atoms with van der Waals surface area (Å²) in [5, 5.41) is 34.7. The molecule has 0 amide bonds. The van der Waals surface area contributed by atoms with E-state index in [0.29, 0.717) is 10.4 Å². The van der Waals surface area contributed by atoms with Gasteiger partial charge in [0, 0.05) is 0 Å². The van der Waals surface area contributed by atoms with Gasteiger partial charge in [0.05, 0.1) is 25.6 Å². The van der Waals surface area contributed by atoms with Crippen LogP contribution >= 0.6 is 0 Å². The van der Waals surface area contributed by atoms with Crippen LogP contribution in [0.4, 0.5) is 0 Å². The van der Waals surface area contributed by atoms with Gasteiger partial charge in [-0.25, -0.2) is 9.97 Å². The van der Waals surface area contributed by atoms with Crippen LogP contribution in [0.15, 0.2) is 12.7 Å². The number of imidazole rings is 1. The Hall–Kier alpha value is -1.93. The number of rotatable bonds is 3. The lowest BCUT2D eigenvalue weighted by molar-refractivity contribution is 0.0819. The number of aliphatic hydroxyl groups excluding tert-OH is 2. The first-order valence-corrected chi connectivity index (χ1v) is 4.58. The van der Waals surface area contributed by atoms with Gasteiger partial charge >= 0.3 is 0 Å². The summed E-state index contributed by atoms with van der Waals surface area (Å²) in [5.41, 5.74) is 0.431. The molecule has 0 aliphatic heterocycles. The smallest absolute Gasteiger partial charge is 0.192 e. The van der Waals surface area contributed by atoms with Crippen molar-refractivity contribution in [3.63, 3.8) is 0 Å². The number of hydrogen-bond acceptors (Lipinski definition) is 6. The third-order valence-corrected chi connectivity index (χ3v) is 2.17. The minimum Gasteiger partial charge on any atom is -0.425 e. The zero-order valence-corrected chi connectivity index (χ0v) is 8.28. The zero-order chi connectivity index (χ0) is 11.7. The zero-order valence-electron chi connectivity index (χ0n) is 8.28. The summed E-state index contributed by atoms with van der Waals surface area (Å²) in [6.07, 6.45) is 1.57. The van der Waals surface area contributed by atoms with E-state index < -0.39 is 6.10 Å². The molecular formula is C8H11N5O3. The maximum Gasteiger partial charge on any atom is 0.192 e. The minimum atomic E-state index is -0.908. The third kappa shape index (κ3) is 1.64. The highest BCUT2D eigenvalue weighted by Crippen LogP contribution is 2.05. The summed E-state index contributed by atoms with van der Waals surface area (Å²) in [5.74, 6) is 0. The maximum atomic E-state index is 9.29. The van der Waals surface area contributed by atoms with Gasteiger partial charge in [0.15, 0.2) is 16.7 Å². The maximum absolute atomic E-state index is 9.29. The second kappa shape index (κ2) is 3.91. The SMILES string of the molecule is N=c1c2ncn(CC(O)CO)c2ncn1O. The van der Waals surface area contributed by atoms with Crippen molar-refractivity contribution in [2.75, 3.05) is 6.61 Å². The molecule has 86 valence electrons. The van der Waals surface area contributed by atoms with Gasteiger partial charge < -0.3 is 20.0 Å². The molecule has 0 aliphatic carbocycles. The Morgan fingerprint density at radius 1 is 1.38 bits per heavy atom. The van der Waals surface area contributed by atoms with Gasteiger partial charge in [-0.3, -0.25) is 5.41 Å². The highest BCUT2D eigenvalue weighted by atomic mass is 16.5. The Kier molecular flexibility index (Phi) is 2.59. The number of fused-ring (bicyclic) bond motifs is 1. The number of nitrogens with zero attached hydrogens (tertiary/aromatic N) is 4. The van der Waals surface area contributed by atoms with Crippen LogP contribution in [0, 0.1) is 5.41 Å². The first kappa shape index (κ1) is 10.6. The molecule has 0 saturated carbocycles. The van der Waals surface area contributed by atoms with E-state index in [1.807, 2.05) is 0 Å². The molecule has 8 heteroatoms. The lowest BCUT2D eigenvalue weighted by atomic mass is 10.4. The summed E-state index contributed by atoms with van der Waals surface area (Å²) in [6.45, 7) is -0.227. The molecule has 0 aliphatic rings. The average molecular weight is 225 g/mol. The van der Waals surface area contributed by atoms with E-state index in [1.54, 1.807) is 0 Å². The first-order chi connectivity index (χ1) is 7.63. The fourth-order valence-corrected chi connectivity index (χ4v) is 1.37. The Morgan fingerprint density at radius 3 is 2.81 bits per heavy atom.